The van der Waals surface area contributed by atoms with E-state index in [1.807, 2.05) is 6.92 Å². The second-order valence-electron chi connectivity index (χ2n) is 1.94. The van der Waals surface area contributed by atoms with Gasteiger partial charge in [0.15, 0.2) is 0 Å². The zero-order valence-corrected chi connectivity index (χ0v) is 8.83. The van der Waals surface area contributed by atoms with E-state index >= 15 is 0 Å². The van der Waals surface area contributed by atoms with Crippen molar-refractivity contribution in [2.75, 3.05) is 27.4 Å². The molecule has 0 atom stereocenters. The molecule has 4 nitrogen and oxygen atoms in total. The highest BCUT2D eigenvalue weighted by Crippen LogP contribution is 2.08. The highest BCUT2D eigenvalue weighted by Gasteiger charge is 2.42. The van der Waals surface area contributed by atoms with Crippen LogP contribution in [0.25, 0.3) is 0 Å². The summed E-state index contributed by atoms with van der Waals surface area (Å²) in [7, 11) is 0.181. The molecule has 0 aromatic carbocycles. The largest absolute Gasteiger partial charge is 0.679 e. The van der Waals surface area contributed by atoms with Crippen LogP contribution in [0.4, 0.5) is 0 Å². The molecule has 0 aliphatic heterocycles. The van der Waals surface area contributed by atoms with Gasteiger partial charge in [-0.2, -0.15) is 0 Å². The van der Waals surface area contributed by atoms with Crippen LogP contribution < -0.4 is 0 Å². The minimum Gasteiger partial charge on any atom is -0.355 e. The van der Waals surface area contributed by atoms with Gasteiger partial charge in [0.1, 0.15) is 0 Å². The molecule has 12 heavy (non-hydrogen) atoms. The third kappa shape index (κ3) is 3.46. The van der Waals surface area contributed by atoms with E-state index in [4.69, 9.17) is 17.7 Å². The summed E-state index contributed by atoms with van der Waals surface area (Å²) in [5.74, 6) is 0. The zero-order valence-electron chi connectivity index (χ0n) is 7.83. The lowest BCUT2D eigenvalue weighted by Gasteiger charge is -2.23. The summed E-state index contributed by atoms with van der Waals surface area (Å²) >= 11 is 0. The van der Waals surface area contributed by atoms with Crippen molar-refractivity contribution in [2.45, 2.75) is 6.92 Å². The number of hydrogen-bond acceptors (Lipinski definition) is 4. The van der Waals surface area contributed by atoms with Gasteiger partial charge in [0.2, 0.25) is 0 Å². The van der Waals surface area contributed by atoms with E-state index in [2.05, 4.69) is 6.58 Å². The van der Waals surface area contributed by atoms with E-state index in [1.165, 1.54) is 14.2 Å². The highest BCUT2D eigenvalue weighted by molar-refractivity contribution is 6.53. The Kier molecular flexibility index (Phi) is 6.22. The Morgan fingerprint density at radius 3 is 2.17 bits per heavy atom. The first-order valence-corrected chi connectivity index (χ1v) is 5.37. The Hall–Kier alpha value is -0.203. The van der Waals surface area contributed by atoms with Gasteiger partial charge in [0, 0.05) is 20.8 Å². The van der Waals surface area contributed by atoms with Crippen LogP contribution in [0.5, 0.6) is 0 Å². The van der Waals surface area contributed by atoms with E-state index in [1.54, 1.807) is 6.08 Å². The third-order valence-electron chi connectivity index (χ3n) is 1.20. The van der Waals surface area contributed by atoms with Crippen molar-refractivity contribution in [3.63, 3.8) is 0 Å². The van der Waals surface area contributed by atoms with E-state index in [0.29, 0.717) is 13.2 Å². The number of hydrogen-bond donors (Lipinski definition) is 0. The predicted octanol–water partition coefficient (Wildman–Crippen LogP) is 0.954. The smallest absolute Gasteiger partial charge is 0.355 e. The summed E-state index contributed by atoms with van der Waals surface area (Å²) in [5.41, 5.74) is 0. The summed E-state index contributed by atoms with van der Waals surface area (Å²) < 4.78 is 20.6. The standard InChI is InChI=1S/C7H16O4Si/c1-5-7-11-12(8-3,9-4)10-6-2/h5H,1,6-7H2,2-4H3. The summed E-state index contributed by atoms with van der Waals surface area (Å²) in [6.07, 6.45) is 1.62. The molecule has 72 valence electrons. The maximum atomic E-state index is 5.27. The molecule has 0 N–H and O–H groups in total. The van der Waals surface area contributed by atoms with Crippen molar-refractivity contribution in [1.82, 2.24) is 0 Å². The average molecular weight is 192 g/mol. The fourth-order valence-electron chi connectivity index (χ4n) is 0.698. The van der Waals surface area contributed by atoms with Crippen molar-refractivity contribution in [3.8, 4) is 0 Å². The van der Waals surface area contributed by atoms with Crippen LogP contribution >= 0.6 is 0 Å². The van der Waals surface area contributed by atoms with Gasteiger partial charge in [-0.1, -0.05) is 6.08 Å². The Balaban J connectivity index is 4.03. The molecule has 0 amide bonds. The maximum Gasteiger partial charge on any atom is 0.679 e. The fourth-order valence-corrected chi connectivity index (χ4v) is 2.10. The summed E-state index contributed by atoms with van der Waals surface area (Å²) in [6.45, 7) is 6.26. The van der Waals surface area contributed by atoms with Crippen molar-refractivity contribution in [1.29, 1.82) is 0 Å². The zero-order chi connectivity index (χ0) is 9.45. The van der Waals surface area contributed by atoms with Crippen LogP contribution in [0, 0.1) is 0 Å². The molecule has 0 radical (unpaired) electrons. The molecule has 0 spiro atoms. The lowest BCUT2D eigenvalue weighted by molar-refractivity contribution is 0.000864. The van der Waals surface area contributed by atoms with Crippen LogP contribution in [0.15, 0.2) is 12.7 Å². The molecule has 0 saturated carbocycles. The van der Waals surface area contributed by atoms with Gasteiger partial charge in [-0.25, -0.2) is 0 Å². The first kappa shape index (κ1) is 11.8. The molecule has 0 aliphatic rings. The van der Waals surface area contributed by atoms with E-state index < -0.39 is 9.05 Å². The van der Waals surface area contributed by atoms with Crippen LogP contribution in [0.2, 0.25) is 0 Å². The van der Waals surface area contributed by atoms with Crippen LogP contribution in [-0.4, -0.2) is 36.5 Å². The monoisotopic (exact) mass is 192 g/mol. The quantitative estimate of drug-likeness (QED) is 0.444. The SMILES string of the molecule is C=CCO[Si](OC)(OC)OCC. The molecule has 0 aromatic heterocycles. The van der Waals surface area contributed by atoms with Crippen molar-refractivity contribution < 1.29 is 17.7 Å². The Labute approximate surface area is 74.6 Å². The van der Waals surface area contributed by atoms with Crippen LogP contribution in [-0.2, 0) is 17.7 Å². The second kappa shape index (κ2) is 6.33. The molecule has 0 rings (SSSR count). The second-order valence-corrected chi connectivity index (χ2v) is 4.33. The molecule has 0 aliphatic carbocycles. The minimum atomic E-state index is -2.84. The van der Waals surface area contributed by atoms with Gasteiger partial charge in [0.05, 0.1) is 6.61 Å². The molecule has 0 aromatic rings. The molecule has 0 fully saturated rings. The molecular formula is C7H16O4Si. The summed E-state index contributed by atoms with van der Waals surface area (Å²) in [4.78, 5) is 0. The predicted molar refractivity (Wildman–Crippen MR) is 47.5 cm³/mol. The van der Waals surface area contributed by atoms with Gasteiger partial charge in [-0.05, 0) is 6.92 Å². The molecular weight excluding hydrogens is 176 g/mol. The molecule has 0 unspecified atom stereocenters. The molecule has 0 saturated heterocycles. The van der Waals surface area contributed by atoms with Crippen molar-refractivity contribution in [2.24, 2.45) is 0 Å². The van der Waals surface area contributed by atoms with Crippen molar-refractivity contribution >= 4 is 9.05 Å². The van der Waals surface area contributed by atoms with E-state index in [0.717, 1.165) is 0 Å². The molecule has 0 bridgehead atoms. The molecule has 5 heteroatoms. The van der Waals surface area contributed by atoms with Crippen LogP contribution in [0.1, 0.15) is 6.92 Å². The van der Waals surface area contributed by atoms with Gasteiger partial charge >= 0.3 is 9.05 Å². The van der Waals surface area contributed by atoms with Gasteiger partial charge in [-0.15, -0.1) is 6.58 Å². The Morgan fingerprint density at radius 1 is 1.25 bits per heavy atom. The van der Waals surface area contributed by atoms with Gasteiger partial charge < -0.3 is 17.7 Å². The fraction of sp³-hybridized carbons (Fsp3) is 0.714. The Bertz CT molecular complexity index is 125. The van der Waals surface area contributed by atoms with Crippen molar-refractivity contribution in [3.05, 3.63) is 12.7 Å². The van der Waals surface area contributed by atoms with E-state index in [-0.39, 0.29) is 0 Å². The van der Waals surface area contributed by atoms with E-state index in [9.17, 15) is 0 Å². The Morgan fingerprint density at radius 2 is 1.83 bits per heavy atom. The normalized spacial score (nSPS) is 11.6. The first-order chi connectivity index (χ1) is 5.74. The van der Waals surface area contributed by atoms with Crippen LogP contribution in [0.3, 0.4) is 0 Å². The third-order valence-corrected chi connectivity index (χ3v) is 3.36. The summed E-state index contributed by atoms with van der Waals surface area (Å²) in [5, 5.41) is 0. The average Bonchev–Trinajstić information content (AvgIpc) is 2.13. The minimum absolute atomic E-state index is 0.369. The van der Waals surface area contributed by atoms with Gasteiger partial charge in [-0.3, -0.25) is 0 Å². The topological polar surface area (TPSA) is 36.9 Å². The number of rotatable bonds is 7. The lowest BCUT2D eigenvalue weighted by atomic mass is 10.7. The molecule has 0 heterocycles. The summed E-state index contributed by atoms with van der Waals surface area (Å²) in [6, 6.07) is 0. The first-order valence-electron chi connectivity index (χ1n) is 3.73. The lowest BCUT2D eigenvalue weighted by Crippen LogP contribution is -2.47. The maximum absolute atomic E-state index is 5.27. The van der Waals surface area contributed by atoms with Gasteiger partial charge in [0.25, 0.3) is 0 Å². The highest BCUT2D eigenvalue weighted by atomic mass is 28.4.